The first kappa shape index (κ1) is 13.6. The van der Waals surface area contributed by atoms with E-state index in [1.54, 1.807) is 18.2 Å². The van der Waals surface area contributed by atoms with Gasteiger partial charge >= 0.3 is 0 Å². The number of carbonyl (C=O) groups is 2. The van der Waals surface area contributed by atoms with Gasteiger partial charge in [0.05, 0.1) is 24.6 Å². The lowest BCUT2D eigenvalue weighted by atomic mass is 9.85. The highest BCUT2D eigenvalue weighted by Crippen LogP contribution is 2.73. The molecular formula is C18H16ClNO3. The molecule has 1 aromatic rings. The summed E-state index contributed by atoms with van der Waals surface area (Å²) in [4.78, 5) is 27.4. The summed E-state index contributed by atoms with van der Waals surface area (Å²) in [7, 11) is 1.53. The number of hydrogen-bond donors (Lipinski definition) is 0. The highest BCUT2D eigenvalue weighted by atomic mass is 35.5. The van der Waals surface area contributed by atoms with E-state index in [9.17, 15) is 9.59 Å². The van der Waals surface area contributed by atoms with Gasteiger partial charge in [-0.1, -0.05) is 23.8 Å². The smallest absolute Gasteiger partial charge is 0.238 e. The van der Waals surface area contributed by atoms with Crippen molar-refractivity contribution in [3.05, 3.63) is 35.4 Å². The average molecular weight is 330 g/mol. The summed E-state index contributed by atoms with van der Waals surface area (Å²) in [6.45, 7) is 0. The molecule has 5 heteroatoms. The van der Waals surface area contributed by atoms with Crippen LogP contribution >= 0.6 is 11.6 Å². The maximum absolute atomic E-state index is 13.1. The molecule has 2 amide bonds. The van der Waals surface area contributed by atoms with E-state index in [4.69, 9.17) is 16.3 Å². The van der Waals surface area contributed by atoms with Crippen LogP contribution in [0, 0.1) is 29.1 Å². The summed E-state index contributed by atoms with van der Waals surface area (Å²) >= 11 is 6.08. The summed E-state index contributed by atoms with van der Waals surface area (Å²) < 4.78 is 5.33. The van der Waals surface area contributed by atoms with E-state index >= 15 is 0 Å². The highest BCUT2D eigenvalue weighted by molar-refractivity contribution is 6.31. The number of allylic oxidation sites excluding steroid dienone is 2. The van der Waals surface area contributed by atoms with E-state index < -0.39 is 0 Å². The number of imide groups is 1. The fourth-order valence-electron chi connectivity index (χ4n) is 5.15. The average Bonchev–Trinajstić information content (AvgIpc) is 3.13. The van der Waals surface area contributed by atoms with Crippen LogP contribution in [0.5, 0.6) is 5.75 Å². The molecule has 1 heterocycles. The lowest BCUT2D eigenvalue weighted by molar-refractivity contribution is -0.123. The lowest BCUT2D eigenvalue weighted by Crippen LogP contribution is -2.35. The molecule has 1 saturated heterocycles. The third kappa shape index (κ3) is 1.48. The van der Waals surface area contributed by atoms with Gasteiger partial charge in [0, 0.05) is 5.02 Å². The molecule has 23 heavy (non-hydrogen) atoms. The number of methoxy groups -OCH3 is 1. The van der Waals surface area contributed by atoms with Crippen LogP contribution in [0.15, 0.2) is 30.4 Å². The number of amides is 2. The van der Waals surface area contributed by atoms with E-state index in [-0.39, 0.29) is 40.9 Å². The number of ether oxygens (including phenoxy) is 1. The fraction of sp³-hybridized carbons (Fsp3) is 0.444. The van der Waals surface area contributed by atoms with Crippen molar-refractivity contribution in [2.24, 2.45) is 29.1 Å². The van der Waals surface area contributed by atoms with Gasteiger partial charge in [0.15, 0.2) is 0 Å². The first-order valence-corrected chi connectivity index (χ1v) is 8.36. The predicted octanol–water partition coefficient (Wildman–Crippen LogP) is 3.05. The molecule has 0 aromatic heterocycles. The van der Waals surface area contributed by atoms with Gasteiger partial charge < -0.3 is 4.74 Å². The van der Waals surface area contributed by atoms with Crippen LogP contribution < -0.4 is 9.64 Å². The quantitative estimate of drug-likeness (QED) is 0.619. The third-order valence-corrected chi connectivity index (χ3v) is 6.47. The summed E-state index contributed by atoms with van der Waals surface area (Å²) in [5, 5.41) is 0.484. The van der Waals surface area contributed by atoms with Gasteiger partial charge in [-0.05, 0) is 48.3 Å². The van der Waals surface area contributed by atoms with Crippen LogP contribution in [0.2, 0.25) is 5.02 Å². The Kier molecular flexibility index (Phi) is 2.47. The Hall–Kier alpha value is -1.81. The van der Waals surface area contributed by atoms with E-state index in [0.717, 1.165) is 12.8 Å². The molecule has 4 nitrogen and oxygen atoms in total. The van der Waals surface area contributed by atoms with Crippen molar-refractivity contribution in [3.8, 4) is 5.75 Å². The number of nitrogens with zero attached hydrogens (tertiary/aromatic N) is 1. The highest BCUT2D eigenvalue weighted by Gasteiger charge is 2.73. The summed E-state index contributed by atoms with van der Waals surface area (Å²) in [6, 6.07) is 5.03. The first-order valence-electron chi connectivity index (χ1n) is 7.98. The van der Waals surface area contributed by atoms with Gasteiger partial charge in [-0.2, -0.15) is 0 Å². The first-order chi connectivity index (χ1) is 11.1. The largest absolute Gasteiger partial charge is 0.495 e. The third-order valence-electron chi connectivity index (χ3n) is 6.23. The van der Waals surface area contributed by atoms with Crippen LogP contribution in [0.1, 0.15) is 12.8 Å². The molecule has 2 saturated carbocycles. The Bertz CT molecular complexity index is 748. The van der Waals surface area contributed by atoms with Crippen LogP contribution in [0.25, 0.3) is 0 Å². The minimum absolute atomic E-state index is 0.0938. The molecule has 0 N–H and O–H groups in total. The van der Waals surface area contributed by atoms with Crippen LogP contribution in [0.3, 0.4) is 0 Å². The molecule has 5 rings (SSSR count). The monoisotopic (exact) mass is 329 g/mol. The molecule has 3 fully saturated rings. The Morgan fingerprint density at radius 2 is 1.74 bits per heavy atom. The zero-order chi connectivity index (χ0) is 15.9. The molecule has 1 spiro atoms. The molecule has 0 unspecified atom stereocenters. The van der Waals surface area contributed by atoms with Crippen molar-refractivity contribution in [1.29, 1.82) is 0 Å². The molecule has 1 aromatic carbocycles. The Morgan fingerprint density at radius 1 is 1.13 bits per heavy atom. The van der Waals surface area contributed by atoms with Crippen LogP contribution in [0.4, 0.5) is 5.69 Å². The normalized spacial score (nSPS) is 35.3. The summed E-state index contributed by atoms with van der Waals surface area (Å²) in [6.07, 6.45) is 6.62. The second-order valence-electron chi connectivity index (χ2n) is 7.05. The van der Waals surface area contributed by atoms with Crippen LogP contribution in [-0.2, 0) is 9.59 Å². The fourth-order valence-corrected chi connectivity index (χ4v) is 5.32. The number of benzene rings is 1. The second-order valence-corrected chi connectivity index (χ2v) is 7.49. The van der Waals surface area contributed by atoms with E-state index in [1.807, 2.05) is 0 Å². The number of anilines is 1. The van der Waals surface area contributed by atoms with Gasteiger partial charge in [-0.3, -0.25) is 9.59 Å². The topological polar surface area (TPSA) is 46.6 Å². The Labute approximate surface area is 139 Å². The van der Waals surface area contributed by atoms with Gasteiger partial charge in [-0.25, -0.2) is 4.90 Å². The number of halogens is 1. The molecule has 2 bridgehead atoms. The second kappa shape index (κ2) is 4.18. The SMILES string of the molecule is COc1ccc(Cl)cc1N1C(=O)[C@@H]2[C@H](C1=O)[C@@H]1C=C[C@H]2C12CC2. The van der Waals surface area contributed by atoms with Crippen molar-refractivity contribution >= 4 is 29.1 Å². The maximum atomic E-state index is 13.1. The molecule has 3 aliphatic carbocycles. The summed E-state index contributed by atoms with van der Waals surface area (Å²) in [5.74, 6) is 0.352. The number of fused-ring (bicyclic) bond motifs is 3. The zero-order valence-electron chi connectivity index (χ0n) is 12.7. The maximum Gasteiger partial charge on any atom is 0.238 e. The number of rotatable bonds is 2. The molecule has 4 aliphatic rings. The minimum Gasteiger partial charge on any atom is -0.495 e. The zero-order valence-corrected chi connectivity index (χ0v) is 13.4. The molecule has 1 aliphatic heterocycles. The number of carbonyl (C=O) groups excluding carboxylic acids is 2. The minimum atomic E-state index is -0.205. The summed E-state index contributed by atoms with van der Waals surface area (Å²) in [5.41, 5.74) is 0.680. The van der Waals surface area contributed by atoms with Crippen molar-refractivity contribution in [2.45, 2.75) is 12.8 Å². The Morgan fingerprint density at radius 3 is 2.26 bits per heavy atom. The number of hydrogen-bond acceptors (Lipinski definition) is 3. The van der Waals surface area contributed by atoms with Gasteiger partial charge in [0.25, 0.3) is 0 Å². The molecule has 0 radical (unpaired) electrons. The van der Waals surface area contributed by atoms with E-state index in [0.29, 0.717) is 16.5 Å². The van der Waals surface area contributed by atoms with Crippen molar-refractivity contribution in [3.63, 3.8) is 0 Å². The van der Waals surface area contributed by atoms with E-state index in [2.05, 4.69) is 12.2 Å². The Balaban J connectivity index is 1.60. The van der Waals surface area contributed by atoms with Crippen molar-refractivity contribution in [2.75, 3.05) is 12.0 Å². The molecule has 4 atom stereocenters. The predicted molar refractivity (Wildman–Crippen MR) is 85.3 cm³/mol. The van der Waals surface area contributed by atoms with Crippen molar-refractivity contribution < 1.29 is 14.3 Å². The molecular weight excluding hydrogens is 314 g/mol. The van der Waals surface area contributed by atoms with Crippen molar-refractivity contribution in [1.82, 2.24) is 0 Å². The van der Waals surface area contributed by atoms with Gasteiger partial charge in [0.1, 0.15) is 5.75 Å². The van der Waals surface area contributed by atoms with Gasteiger partial charge in [-0.15, -0.1) is 0 Å². The van der Waals surface area contributed by atoms with Crippen LogP contribution in [-0.4, -0.2) is 18.9 Å². The van der Waals surface area contributed by atoms with E-state index in [1.165, 1.54) is 12.0 Å². The van der Waals surface area contributed by atoms with Gasteiger partial charge in [0.2, 0.25) is 11.8 Å². The standard InChI is InChI=1S/C18H16ClNO3/c1-23-13-5-2-9(19)8-12(13)20-16(21)14-10-3-4-11(15(14)17(20)22)18(10)6-7-18/h2-5,8,10-11,14-15H,6-7H2,1H3/t10-,11+,14+,15-. The lowest BCUT2D eigenvalue weighted by Gasteiger charge is -2.23. The molecule has 118 valence electrons.